The molecule has 18 rings (SSSR count). The SMILES string of the molecule is c1ccc(-n2c3ccccc3c3oc4ccc(-c5ccc6c(c5)sc5cc7ccccc7cc56)cc4c32)cc1.c1ccc(-n2c3ccccc3c3oc4cccc(-c5ccc6c(c5)sc5cc7ccccc7cc56)c4c32)cc1. The summed E-state index contributed by atoms with van der Waals surface area (Å²) in [5.41, 5.74) is 15.3. The Kier molecular flexibility index (Phi) is 9.42. The minimum absolute atomic E-state index is 0.911. The van der Waals surface area contributed by atoms with E-state index in [1.54, 1.807) is 0 Å². The van der Waals surface area contributed by atoms with Crippen LogP contribution in [0.3, 0.4) is 0 Å². The maximum absolute atomic E-state index is 6.59. The highest BCUT2D eigenvalue weighted by atomic mass is 32.1. The highest BCUT2D eigenvalue weighted by molar-refractivity contribution is 7.26. The van der Waals surface area contributed by atoms with Crippen molar-refractivity contribution in [1.82, 2.24) is 9.13 Å². The van der Waals surface area contributed by atoms with Crippen LogP contribution in [0.15, 0.2) is 264 Å². The Labute approximate surface area is 454 Å². The van der Waals surface area contributed by atoms with Gasteiger partial charge in [0.1, 0.15) is 22.2 Å². The van der Waals surface area contributed by atoms with E-state index >= 15 is 0 Å². The Morgan fingerprint density at radius 2 is 0.744 bits per heavy atom. The first kappa shape index (κ1) is 43.5. The fraction of sp³-hybridized carbons (Fsp3) is 0. The molecular weight excluding hydrogens is 989 g/mol. The summed E-state index contributed by atoms with van der Waals surface area (Å²) in [4.78, 5) is 0. The van der Waals surface area contributed by atoms with Gasteiger partial charge in [-0.2, -0.15) is 0 Å². The first-order valence-electron chi connectivity index (χ1n) is 26.4. The minimum Gasteiger partial charge on any atom is -0.454 e. The topological polar surface area (TPSA) is 36.1 Å². The van der Waals surface area contributed by atoms with Crippen LogP contribution in [-0.4, -0.2) is 9.13 Å². The molecule has 78 heavy (non-hydrogen) atoms. The van der Waals surface area contributed by atoms with Gasteiger partial charge in [0.2, 0.25) is 0 Å². The monoisotopic (exact) mass is 1030 g/mol. The predicted molar refractivity (Wildman–Crippen MR) is 333 cm³/mol. The van der Waals surface area contributed by atoms with Gasteiger partial charge in [0.15, 0.2) is 11.2 Å². The molecule has 0 radical (unpaired) electrons. The Hall–Kier alpha value is -9.72. The van der Waals surface area contributed by atoms with Gasteiger partial charge in [0, 0.05) is 67.9 Å². The molecule has 6 heterocycles. The number of fused-ring (bicyclic) bond motifs is 18. The second-order valence-electron chi connectivity index (χ2n) is 20.3. The van der Waals surface area contributed by atoms with Crippen LogP contribution in [0.25, 0.3) is 161 Å². The van der Waals surface area contributed by atoms with Crippen molar-refractivity contribution in [1.29, 1.82) is 0 Å². The molecule has 6 heteroatoms. The van der Waals surface area contributed by atoms with Crippen molar-refractivity contribution in [2.24, 2.45) is 0 Å². The van der Waals surface area contributed by atoms with Gasteiger partial charge in [-0.25, -0.2) is 0 Å². The van der Waals surface area contributed by atoms with E-state index in [-0.39, 0.29) is 0 Å². The van der Waals surface area contributed by atoms with Crippen LogP contribution in [0, 0.1) is 0 Å². The molecule has 0 saturated carbocycles. The maximum Gasteiger partial charge on any atom is 0.161 e. The highest BCUT2D eigenvalue weighted by Crippen LogP contribution is 2.46. The standard InChI is InChI=1S/2C36H21NOS/c1-2-11-25(12-3-1)37-30-15-7-6-13-28(30)36-35(37)34-26(14-8-16-31(34)38-36)24-17-18-27-29-19-22-9-4-5-10-23(22)20-33(29)39-32(27)21-24;1-2-10-26(11-3-1)37-31-13-7-6-12-28(31)36-35(37)30-19-24(15-17-32(30)38-36)25-14-16-27-29-18-22-8-4-5-9-23(22)20-34(29)39-33(27)21-25/h2*1-21H. The molecule has 0 amide bonds. The molecule has 0 atom stereocenters. The average Bonchev–Trinajstić information content (AvgIpc) is 4.54. The number of para-hydroxylation sites is 4. The molecule has 12 aromatic carbocycles. The van der Waals surface area contributed by atoms with Gasteiger partial charge in [0.25, 0.3) is 0 Å². The summed E-state index contributed by atoms with van der Waals surface area (Å²) < 4.78 is 23.0. The van der Waals surface area contributed by atoms with Gasteiger partial charge in [-0.1, -0.05) is 152 Å². The van der Waals surface area contributed by atoms with Crippen LogP contribution in [0.5, 0.6) is 0 Å². The molecule has 0 saturated heterocycles. The van der Waals surface area contributed by atoms with E-state index in [1.807, 2.05) is 22.7 Å². The zero-order valence-electron chi connectivity index (χ0n) is 41.8. The number of aromatic nitrogens is 2. The summed E-state index contributed by atoms with van der Waals surface area (Å²) in [5.74, 6) is 0. The van der Waals surface area contributed by atoms with Gasteiger partial charge >= 0.3 is 0 Å². The van der Waals surface area contributed by atoms with E-state index in [0.29, 0.717) is 0 Å². The van der Waals surface area contributed by atoms with Crippen molar-refractivity contribution in [2.45, 2.75) is 0 Å². The molecule has 0 aliphatic rings. The van der Waals surface area contributed by atoms with Crippen molar-refractivity contribution >= 4 is 151 Å². The van der Waals surface area contributed by atoms with Crippen LogP contribution in [-0.2, 0) is 0 Å². The van der Waals surface area contributed by atoms with Gasteiger partial charge in [-0.3, -0.25) is 0 Å². The fourth-order valence-corrected chi connectivity index (χ4v) is 14.7. The fourth-order valence-electron chi connectivity index (χ4n) is 12.4. The lowest BCUT2D eigenvalue weighted by molar-refractivity contribution is 0.672. The van der Waals surface area contributed by atoms with E-state index in [9.17, 15) is 0 Å². The van der Waals surface area contributed by atoms with E-state index in [4.69, 9.17) is 8.83 Å². The van der Waals surface area contributed by atoms with Crippen molar-refractivity contribution in [3.63, 3.8) is 0 Å². The second-order valence-corrected chi connectivity index (χ2v) is 22.5. The van der Waals surface area contributed by atoms with Gasteiger partial charge in [-0.05, 0) is 147 Å². The Balaban J connectivity index is 0.000000126. The van der Waals surface area contributed by atoms with E-state index in [1.165, 1.54) is 84.1 Å². The summed E-state index contributed by atoms with van der Waals surface area (Å²) >= 11 is 3.74. The molecule has 0 spiro atoms. The summed E-state index contributed by atoms with van der Waals surface area (Å²) in [6.45, 7) is 0. The van der Waals surface area contributed by atoms with Gasteiger partial charge in [-0.15, -0.1) is 22.7 Å². The largest absolute Gasteiger partial charge is 0.454 e. The summed E-state index contributed by atoms with van der Waals surface area (Å²) in [5, 5.41) is 15.0. The molecular formula is C72H42N2O2S2. The Morgan fingerprint density at radius 1 is 0.282 bits per heavy atom. The lowest BCUT2D eigenvalue weighted by atomic mass is 9.99. The van der Waals surface area contributed by atoms with Crippen LogP contribution in [0.4, 0.5) is 0 Å². The van der Waals surface area contributed by atoms with Gasteiger partial charge in [0.05, 0.1) is 16.4 Å². The molecule has 0 N–H and O–H groups in total. The van der Waals surface area contributed by atoms with Crippen LogP contribution >= 0.6 is 22.7 Å². The highest BCUT2D eigenvalue weighted by Gasteiger charge is 2.23. The number of hydrogen-bond acceptors (Lipinski definition) is 4. The second kappa shape index (κ2) is 16.9. The molecule has 364 valence electrons. The quantitative estimate of drug-likeness (QED) is 0.176. The lowest BCUT2D eigenvalue weighted by Gasteiger charge is -2.09. The molecule has 0 aliphatic carbocycles. The molecule has 0 unspecified atom stereocenters. The third-order valence-corrected chi connectivity index (χ3v) is 18.2. The van der Waals surface area contributed by atoms with Gasteiger partial charge < -0.3 is 18.0 Å². The normalized spacial score (nSPS) is 12.1. The average molecular weight is 1030 g/mol. The molecule has 4 nitrogen and oxygen atoms in total. The molecule has 0 fully saturated rings. The van der Waals surface area contributed by atoms with Crippen LogP contribution in [0.1, 0.15) is 0 Å². The number of furan rings is 2. The van der Waals surface area contributed by atoms with E-state index in [2.05, 4.69) is 264 Å². The van der Waals surface area contributed by atoms with Crippen molar-refractivity contribution in [3.8, 4) is 33.6 Å². The van der Waals surface area contributed by atoms with Crippen LogP contribution in [0.2, 0.25) is 0 Å². The zero-order chi connectivity index (χ0) is 51.0. The minimum atomic E-state index is 0.911. The number of thiophene rings is 2. The number of benzene rings is 12. The Morgan fingerprint density at radius 3 is 1.36 bits per heavy atom. The zero-order valence-corrected chi connectivity index (χ0v) is 43.4. The van der Waals surface area contributed by atoms with Crippen molar-refractivity contribution < 1.29 is 8.83 Å². The maximum atomic E-state index is 6.59. The summed E-state index contributed by atoms with van der Waals surface area (Å²) in [6.07, 6.45) is 0. The smallest absolute Gasteiger partial charge is 0.161 e. The number of rotatable bonds is 4. The van der Waals surface area contributed by atoms with Crippen LogP contribution < -0.4 is 0 Å². The molecule has 18 aromatic rings. The van der Waals surface area contributed by atoms with E-state index < -0.39 is 0 Å². The third kappa shape index (κ3) is 6.57. The molecule has 6 aromatic heterocycles. The lowest BCUT2D eigenvalue weighted by Crippen LogP contribution is -1.93. The predicted octanol–water partition coefficient (Wildman–Crippen LogP) is 21.4. The third-order valence-electron chi connectivity index (χ3n) is 15.9. The molecule has 0 bridgehead atoms. The Bertz CT molecular complexity index is 5460. The first-order valence-corrected chi connectivity index (χ1v) is 28.0. The first-order chi connectivity index (χ1) is 38.6. The summed E-state index contributed by atoms with van der Waals surface area (Å²) in [7, 11) is 0. The number of nitrogens with zero attached hydrogens (tertiary/aromatic N) is 2. The number of hydrogen-bond donors (Lipinski definition) is 0. The van der Waals surface area contributed by atoms with Crippen molar-refractivity contribution in [3.05, 3.63) is 255 Å². The van der Waals surface area contributed by atoms with Crippen molar-refractivity contribution in [2.75, 3.05) is 0 Å². The summed E-state index contributed by atoms with van der Waals surface area (Å²) in [6, 6.07) is 91.6. The van der Waals surface area contributed by atoms with E-state index in [0.717, 1.165) is 77.3 Å². The molecule has 0 aliphatic heterocycles.